The average Bonchev–Trinajstić information content (AvgIpc) is 1.96. The van der Waals surface area contributed by atoms with Gasteiger partial charge in [0, 0.05) is 5.41 Å². The zero-order valence-corrected chi connectivity index (χ0v) is 9.77. The first-order chi connectivity index (χ1) is 5.80. The van der Waals surface area contributed by atoms with E-state index in [1.165, 1.54) is 0 Å². The fourth-order valence-electron chi connectivity index (χ4n) is 1.32. The molecule has 0 saturated heterocycles. The van der Waals surface area contributed by atoms with Crippen LogP contribution in [0.1, 0.15) is 41.5 Å². The summed E-state index contributed by atoms with van der Waals surface area (Å²) in [6, 6.07) is 0.00463. The summed E-state index contributed by atoms with van der Waals surface area (Å²) in [5.74, 6) is 0.677. The van der Waals surface area contributed by atoms with Crippen LogP contribution >= 0.6 is 0 Å². The van der Waals surface area contributed by atoms with Crippen molar-refractivity contribution in [2.24, 2.45) is 11.3 Å². The van der Waals surface area contributed by atoms with E-state index in [1.54, 1.807) is 0 Å². The number of rotatable bonds is 4. The Morgan fingerprint density at radius 2 is 1.77 bits per heavy atom. The van der Waals surface area contributed by atoms with E-state index < -0.39 is 0 Å². The van der Waals surface area contributed by atoms with Crippen molar-refractivity contribution >= 4 is 5.78 Å². The van der Waals surface area contributed by atoms with Crippen molar-refractivity contribution in [3.8, 4) is 0 Å². The van der Waals surface area contributed by atoms with Crippen LogP contribution in [0.4, 0.5) is 0 Å². The third kappa shape index (κ3) is 3.90. The van der Waals surface area contributed by atoms with Crippen LogP contribution in [0.5, 0.6) is 0 Å². The van der Waals surface area contributed by atoms with Crippen LogP contribution in [0.2, 0.25) is 0 Å². The van der Waals surface area contributed by atoms with E-state index >= 15 is 0 Å². The van der Waals surface area contributed by atoms with Gasteiger partial charge in [0.05, 0.1) is 6.04 Å². The lowest BCUT2D eigenvalue weighted by atomic mass is 9.82. The average molecular weight is 185 g/mol. The minimum absolute atomic E-state index is 0.00463. The van der Waals surface area contributed by atoms with E-state index in [9.17, 15) is 4.79 Å². The first-order valence-corrected chi connectivity index (χ1v) is 5.08. The first-order valence-electron chi connectivity index (χ1n) is 5.08. The van der Waals surface area contributed by atoms with Crippen molar-refractivity contribution in [3.05, 3.63) is 0 Å². The summed E-state index contributed by atoms with van der Waals surface area (Å²) in [5, 5.41) is 3.24. The van der Waals surface area contributed by atoms with E-state index in [2.05, 4.69) is 19.2 Å². The topological polar surface area (TPSA) is 29.1 Å². The molecule has 0 spiro atoms. The highest BCUT2D eigenvalue weighted by molar-refractivity contribution is 5.88. The van der Waals surface area contributed by atoms with Gasteiger partial charge in [0.15, 0.2) is 5.78 Å². The minimum Gasteiger partial charge on any atom is -0.308 e. The van der Waals surface area contributed by atoms with Crippen LogP contribution in [0.3, 0.4) is 0 Å². The van der Waals surface area contributed by atoms with Crippen LogP contribution < -0.4 is 5.32 Å². The Hall–Kier alpha value is -0.370. The van der Waals surface area contributed by atoms with Gasteiger partial charge in [-0.3, -0.25) is 4.79 Å². The minimum atomic E-state index is -0.239. The highest BCUT2D eigenvalue weighted by atomic mass is 16.1. The van der Waals surface area contributed by atoms with Gasteiger partial charge >= 0.3 is 0 Å². The molecular weight excluding hydrogens is 162 g/mol. The molecule has 0 radical (unpaired) electrons. The summed E-state index contributed by atoms with van der Waals surface area (Å²) in [6.07, 6.45) is 0. The van der Waals surface area contributed by atoms with Gasteiger partial charge in [0.2, 0.25) is 0 Å². The molecule has 2 nitrogen and oxygen atoms in total. The van der Waals surface area contributed by atoms with Gasteiger partial charge in [0.25, 0.3) is 0 Å². The Balaban J connectivity index is 4.47. The third-order valence-electron chi connectivity index (χ3n) is 2.11. The molecule has 0 aromatic rings. The van der Waals surface area contributed by atoms with E-state index in [1.807, 2.05) is 27.7 Å². The summed E-state index contributed by atoms with van der Waals surface area (Å²) in [6.45, 7) is 13.0. The second kappa shape index (κ2) is 4.75. The fourth-order valence-corrected chi connectivity index (χ4v) is 1.32. The van der Waals surface area contributed by atoms with Gasteiger partial charge in [-0.15, -0.1) is 0 Å². The molecule has 0 aliphatic carbocycles. The van der Waals surface area contributed by atoms with Gasteiger partial charge < -0.3 is 5.32 Å². The van der Waals surface area contributed by atoms with Crippen LogP contribution in [0.25, 0.3) is 0 Å². The Labute approximate surface area is 82.1 Å². The highest BCUT2D eigenvalue weighted by Gasteiger charge is 2.30. The Morgan fingerprint density at radius 3 is 2.00 bits per heavy atom. The molecule has 1 N–H and O–H groups in total. The van der Waals surface area contributed by atoms with E-state index in [-0.39, 0.29) is 11.5 Å². The van der Waals surface area contributed by atoms with Gasteiger partial charge in [-0.05, 0) is 12.5 Å². The zero-order chi connectivity index (χ0) is 10.6. The second-order valence-electron chi connectivity index (χ2n) is 4.89. The molecule has 0 unspecified atom stereocenters. The molecule has 0 amide bonds. The van der Waals surface area contributed by atoms with Crippen molar-refractivity contribution in [2.45, 2.75) is 47.6 Å². The fraction of sp³-hybridized carbons (Fsp3) is 0.909. The van der Waals surface area contributed by atoms with Gasteiger partial charge in [-0.2, -0.15) is 0 Å². The highest BCUT2D eigenvalue weighted by Crippen LogP contribution is 2.20. The van der Waals surface area contributed by atoms with Gasteiger partial charge in [-0.25, -0.2) is 0 Å². The normalized spacial score (nSPS) is 14.7. The maximum absolute atomic E-state index is 11.9. The number of ketones is 1. The predicted molar refractivity (Wildman–Crippen MR) is 56.8 cm³/mol. The number of Topliss-reactive ketones (excluding diaryl/α,β-unsaturated/α-hetero) is 1. The van der Waals surface area contributed by atoms with Gasteiger partial charge in [-0.1, -0.05) is 41.5 Å². The maximum atomic E-state index is 11.9. The summed E-state index contributed by atoms with van der Waals surface area (Å²) >= 11 is 0. The molecule has 78 valence electrons. The maximum Gasteiger partial charge on any atom is 0.155 e. The molecule has 0 rings (SSSR count). The number of hydrogen-bond acceptors (Lipinski definition) is 2. The van der Waals surface area contributed by atoms with Crippen LogP contribution in [-0.4, -0.2) is 18.4 Å². The molecule has 0 aliphatic heterocycles. The number of nitrogens with one attached hydrogen (secondary N) is 1. The molecule has 0 aromatic heterocycles. The lowest BCUT2D eigenvalue weighted by Crippen LogP contribution is -2.46. The molecule has 0 heterocycles. The first kappa shape index (κ1) is 12.6. The molecule has 0 aromatic carbocycles. The molecule has 0 aliphatic rings. The summed E-state index contributed by atoms with van der Waals surface area (Å²) < 4.78 is 0. The molecule has 0 bridgehead atoms. The van der Waals surface area contributed by atoms with Crippen molar-refractivity contribution < 1.29 is 4.79 Å². The van der Waals surface area contributed by atoms with E-state index in [0.717, 1.165) is 6.54 Å². The van der Waals surface area contributed by atoms with Crippen molar-refractivity contribution in [1.29, 1.82) is 0 Å². The second-order valence-corrected chi connectivity index (χ2v) is 4.89. The quantitative estimate of drug-likeness (QED) is 0.727. The standard InChI is InChI=1S/C11H23NO/c1-7-12-9(8(2)3)10(13)11(4,5)6/h8-9,12H,7H2,1-6H3/t9-/m1/s1. The molecule has 0 saturated carbocycles. The number of hydrogen-bond donors (Lipinski definition) is 1. The lowest BCUT2D eigenvalue weighted by Gasteiger charge is -2.27. The monoisotopic (exact) mass is 185 g/mol. The Morgan fingerprint density at radius 1 is 1.31 bits per heavy atom. The Bertz CT molecular complexity index is 167. The summed E-state index contributed by atoms with van der Waals surface area (Å²) in [7, 11) is 0. The molecule has 0 fully saturated rings. The lowest BCUT2D eigenvalue weighted by molar-refractivity contribution is -0.129. The zero-order valence-electron chi connectivity index (χ0n) is 9.77. The molecule has 1 atom stereocenters. The van der Waals surface area contributed by atoms with Crippen molar-refractivity contribution in [2.75, 3.05) is 6.54 Å². The third-order valence-corrected chi connectivity index (χ3v) is 2.11. The smallest absolute Gasteiger partial charge is 0.155 e. The number of likely N-dealkylation sites (N-methyl/N-ethyl adjacent to an activating group) is 1. The van der Waals surface area contributed by atoms with E-state index in [4.69, 9.17) is 0 Å². The van der Waals surface area contributed by atoms with Crippen LogP contribution in [0, 0.1) is 11.3 Å². The largest absolute Gasteiger partial charge is 0.308 e. The van der Waals surface area contributed by atoms with Gasteiger partial charge in [0.1, 0.15) is 0 Å². The molecule has 13 heavy (non-hydrogen) atoms. The SMILES string of the molecule is CCN[C@@H](C(=O)C(C)(C)C)C(C)C. The molecule has 2 heteroatoms. The molecular formula is C11H23NO. The van der Waals surface area contributed by atoms with Crippen molar-refractivity contribution in [3.63, 3.8) is 0 Å². The number of carbonyl (C=O) groups excluding carboxylic acids is 1. The predicted octanol–water partition coefficient (Wildman–Crippen LogP) is 2.24. The summed E-state index contributed by atoms with van der Waals surface area (Å²) in [5.41, 5.74) is -0.239. The van der Waals surface area contributed by atoms with E-state index in [0.29, 0.717) is 11.7 Å². The Kier molecular flexibility index (Phi) is 4.62. The van der Waals surface area contributed by atoms with Crippen LogP contribution in [0.15, 0.2) is 0 Å². The summed E-state index contributed by atoms with van der Waals surface area (Å²) in [4.78, 5) is 11.9. The van der Waals surface area contributed by atoms with Crippen molar-refractivity contribution in [1.82, 2.24) is 5.32 Å². The number of carbonyl (C=O) groups is 1. The van der Waals surface area contributed by atoms with Crippen LogP contribution in [-0.2, 0) is 4.79 Å².